The third kappa shape index (κ3) is 3.47. The molecule has 1 fully saturated rings. The topological polar surface area (TPSA) is 90.0 Å². The molecule has 0 bridgehead atoms. The van der Waals surface area contributed by atoms with Crippen molar-refractivity contribution in [3.63, 3.8) is 0 Å². The van der Waals surface area contributed by atoms with E-state index in [9.17, 15) is 8.42 Å². The molecule has 6 nitrogen and oxygen atoms in total. The van der Waals surface area contributed by atoms with Crippen LogP contribution in [0.25, 0.3) is 0 Å². The Hall–Kier alpha value is -0.570. The Bertz CT molecular complexity index is 480. The van der Waals surface area contributed by atoms with E-state index in [1.807, 2.05) is 11.8 Å². The number of sulfonamides is 1. The van der Waals surface area contributed by atoms with Crippen molar-refractivity contribution >= 4 is 21.8 Å². The molecule has 1 atom stereocenters. The molecule has 18 heavy (non-hydrogen) atoms. The van der Waals surface area contributed by atoms with E-state index in [2.05, 4.69) is 9.82 Å². The van der Waals surface area contributed by atoms with Crippen molar-refractivity contribution in [3.8, 4) is 0 Å². The Kier molecular flexibility index (Phi) is 4.66. The highest BCUT2D eigenvalue weighted by Crippen LogP contribution is 2.23. The minimum atomic E-state index is -3.43. The van der Waals surface area contributed by atoms with Gasteiger partial charge >= 0.3 is 0 Å². The maximum absolute atomic E-state index is 12.0. The lowest BCUT2D eigenvalue weighted by Gasteiger charge is -2.09. The predicted octanol–water partition coefficient (Wildman–Crippen LogP) is -0.127. The van der Waals surface area contributed by atoms with E-state index in [0.29, 0.717) is 25.6 Å². The van der Waals surface area contributed by atoms with Gasteiger partial charge in [0.2, 0.25) is 10.0 Å². The molecule has 0 aliphatic carbocycles. The monoisotopic (exact) mass is 290 g/mol. The number of rotatable bonds is 6. The summed E-state index contributed by atoms with van der Waals surface area (Å²) in [4.78, 5) is 0.210. The van der Waals surface area contributed by atoms with Crippen LogP contribution in [-0.2, 0) is 16.6 Å². The fourth-order valence-electron chi connectivity index (χ4n) is 1.79. The molecule has 1 unspecified atom stereocenters. The lowest BCUT2D eigenvalue weighted by Crippen LogP contribution is -2.29. The van der Waals surface area contributed by atoms with Gasteiger partial charge in [0.15, 0.2) is 0 Å². The number of nitrogens with two attached hydrogens (primary N) is 1. The SMILES string of the molecule is NCCn1cc(S(=O)(=O)NCC2CCSC2)cn1. The van der Waals surface area contributed by atoms with Gasteiger partial charge in [0, 0.05) is 19.3 Å². The van der Waals surface area contributed by atoms with Gasteiger partial charge in [-0.3, -0.25) is 4.68 Å². The molecule has 1 aliphatic heterocycles. The van der Waals surface area contributed by atoms with Crippen LogP contribution in [-0.4, -0.2) is 42.8 Å². The molecule has 0 amide bonds. The molecule has 0 aromatic carbocycles. The van der Waals surface area contributed by atoms with Crippen molar-refractivity contribution in [2.24, 2.45) is 11.7 Å². The first-order valence-electron chi connectivity index (χ1n) is 5.92. The summed E-state index contributed by atoms with van der Waals surface area (Å²) in [5.41, 5.74) is 5.39. The Morgan fingerprint density at radius 3 is 3.11 bits per heavy atom. The van der Waals surface area contributed by atoms with Crippen LogP contribution < -0.4 is 10.5 Å². The van der Waals surface area contributed by atoms with E-state index in [4.69, 9.17) is 5.73 Å². The minimum Gasteiger partial charge on any atom is -0.329 e. The summed E-state index contributed by atoms with van der Waals surface area (Å²) in [5.74, 6) is 2.61. The highest BCUT2D eigenvalue weighted by Gasteiger charge is 2.21. The van der Waals surface area contributed by atoms with E-state index in [0.717, 1.165) is 17.9 Å². The van der Waals surface area contributed by atoms with Gasteiger partial charge in [-0.15, -0.1) is 0 Å². The molecule has 0 spiro atoms. The number of aromatic nitrogens is 2. The Balaban J connectivity index is 1.95. The molecule has 0 radical (unpaired) electrons. The van der Waals surface area contributed by atoms with Crippen LogP contribution in [0, 0.1) is 5.92 Å². The van der Waals surface area contributed by atoms with Crippen LogP contribution in [0.5, 0.6) is 0 Å². The molecule has 1 saturated heterocycles. The van der Waals surface area contributed by atoms with E-state index < -0.39 is 10.0 Å². The summed E-state index contributed by atoms with van der Waals surface area (Å²) < 4.78 is 28.2. The highest BCUT2D eigenvalue weighted by atomic mass is 32.2. The predicted molar refractivity (Wildman–Crippen MR) is 71.9 cm³/mol. The van der Waals surface area contributed by atoms with Crippen LogP contribution in [0.3, 0.4) is 0 Å². The van der Waals surface area contributed by atoms with Gasteiger partial charge in [-0.2, -0.15) is 16.9 Å². The first-order valence-corrected chi connectivity index (χ1v) is 8.55. The van der Waals surface area contributed by atoms with E-state index in [1.165, 1.54) is 12.4 Å². The van der Waals surface area contributed by atoms with Crippen molar-refractivity contribution in [1.29, 1.82) is 0 Å². The van der Waals surface area contributed by atoms with E-state index in [1.54, 1.807) is 4.68 Å². The largest absolute Gasteiger partial charge is 0.329 e. The molecule has 1 aliphatic rings. The smallest absolute Gasteiger partial charge is 0.243 e. The zero-order valence-corrected chi connectivity index (χ0v) is 11.7. The van der Waals surface area contributed by atoms with Crippen LogP contribution in [0.1, 0.15) is 6.42 Å². The molecule has 1 aromatic rings. The molecule has 102 valence electrons. The Morgan fingerprint density at radius 2 is 2.44 bits per heavy atom. The summed E-state index contributed by atoms with van der Waals surface area (Å²) >= 11 is 1.87. The number of nitrogens with zero attached hydrogens (tertiary/aromatic N) is 2. The zero-order valence-electron chi connectivity index (χ0n) is 10.1. The molecule has 0 saturated carbocycles. The van der Waals surface area contributed by atoms with Crippen LogP contribution in [0.2, 0.25) is 0 Å². The van der Waals surface area contributed by atoms with Crippen molar-refractivity contribution in [3.05, 3.63) is 12.4 Å². The van der Waals surface area contributed by atoms with Crippen LogP contribution >= 0.6 is 11.8 Å². The Morgan fingerprint density at radius 1 is 1.61 bits per heavy atom. The average molecular weight is 290 g/mol. The Labute approximate surface area is 111 Å². The zero-order chi connectivity index (χ0) is 13.0. The van der Waals surface area contributed by atoms with E-state index in [-0.39, 0.29) is 4.90 Å². The standard InChI is InChI=1S/C10H18N4O2S2/c11-2-3-14-7-10(6-12-14)18(15,16)13-5-9-1-4-17-8-9/h6-7,9,13H,1-5,8,11H2. The van der Waals surface area contributed by atoms with Crippen molar-refractivity contribution in [2.45, 2.75) is 17.9 Å². The summed E-state index contributed by atoms with van der Waals surface area (Å²) in [5, 5.41) is 3.97. The molecule has 2 heterocycles. The average Bonchev–Trinajstić information content (AvgIpc) is 2.98. The number of hydrogen-bond donors (Lipinski definition) is 2. The summed E-state index contributed by atoms with van der Waals surface area (Å²) in [6.07, 6.45) is 3.96. The second-order valence-electron chi connectivity index (χ2n) is 4.31. The van der Waals surface area contributed by atoms with Gasteiger partial charge in [-0.1, -0.05) is 0 Å². The lowest BCUT2D eigenvalue weighted by atomic mass is 10.1. The minimum absolute atomic E-state index is 0.210. The normalized spacial score (nSPS) is 20.4. The van der Waals surface area contributed by atoms with Gasteiger partial charge in [0.25, 0.3) is 0 Å². The first kappa shape index (κ1) is 13.9. The van der Waals surface area contributed by atoms with Gasteiger partial charge in [-0.25, -0.2) is 13.1 Å². The maximum Gasteiger partial charge on any atom is 0.243 e. The first-order chi connectivity index (χ1) is 8.62. The molecular weight excluding hydrogens is 272 g/mol. The molecule has 8 heteroatoms. The number of thioether (sulfide) groups is 1. The molecule has 3 N–H and O–H groups in total. The van der Waals surface area contributed by atoms with Crippen molar-refractivity contribution < 1.29 is 8.42 Å². The molecular formula is C10H18N4O2S2. The van der Waals surface area contributed by atoms with Gasteiger partial charge < -0.3 is 5.73 Å². The highest BCUT2D eigenvalue weighted by molar-refractivity contribution is 7.99. The second-order valence-corrected chi connectivity index (χ2v) is 7.23. The van der Waals surface area contributed by atoms with Gasteiger partial charge in [0.05, 0.1) is 12.7 Å². The molecule has 1 aromatic heterocycles. The summed E-state index contributed by atoms with van der Waals surface area (Å²) in [7, 11) is -3.43. The van der Waals surface area contributed by atoms with Crippen molar-refractivity contribution in [1.82, 2.24) is 14.5 Å². The third-order valence-electron chi connectivity index (χ3n) is 2.86. The summed E-state index contributed by atoms with van der Waals surface area (Å²) in [6.45, 7) is 1.47. The summed E-state index contributed by atoms with van der Waals surface area (Å²) in [6, 6.07) is 0. The quantitative estimate of drug-likeness (QED) is 0.762. The van der Waals surface area contributed by atoms with Crippen LogP contribution in [0.15, 0.2) is 17.3 Å². The second kappa shape index (κ2) is 6.05. The van der Waals surface area contributed by atoms with Crippen molar-refractivity contribution in [2.75, 3.05) is 24.6 Å². The molecule has 2 rings (SSSR count). The third-order valence-corrected chi connectivity index (χ3v) is 5.47. The fraction of sp³-hybridized carbons (Fsp3) is 0.700. The lowest BCUT2D eigenvalue weighted by molar-refractivity contribution is 0.545. The van der Waals surface area contributed by atoms with Crippen LogP contribution in [0.4, 0.5) is 0 Å². The maximum atomic E-state index is 12.0. The number of nitrogens with one attached hydrogen (secondary N) is 1. The fourth-order valence-corrected chi connectivity index (χ4v) is 4.15. The van der Waals surface area contributed by atoms with Gasteiger partial charge in [0.1, 0.15) is 4.90 Å². The number of hydrogen-bond acceptors (Lipinski definition) is 5. The van der Waals surface area contributed by atoms with E-state index >= 15 is 0 Å². The van der Waals surface area contributed by atoms with Gasteiger partial charge in [-0.05, 0) is 23.8 Å².